The Kier molecular flexibility index (Phi) is 6.49. The fourth-order valence-corrected chi connectivity index (χ4v) is 4.14. The summed E-state index contributed by atoms with van der Waals surface area (Å²) in [4.78, 5) is 18.5. The average molecular weight is 473 g/mol. The molecule has 0 aliphatic carbocycles. The van der Waals surface area contributed by atoms with Crippen LogP contribution < -0.4 is 16.2 Å². The van der Waals surface area contributed by atoms with Crippen LogP contribution in [0, 0.1) is 11.6 Å². The van der Waals surface area contributed by atoms with Gasteiger partial charge in [0.25, 0.3) is 5.91 Å². The van der Waals surface area contributed by atoms with E-state index in [0.717, 1.165) is 24.1 Å². The number of benzene rings is 2. The number of rotatable bonds is 5. The molecule has 2 aromatic carbocycles. The Morgan fingerprint density at radius 2 is 1.88 bits per heavy atom. The van der Waals surface area contributed by atoms with Gasteiger partial charge >= 0.3 is 0 Å². The van der Waals surface area contributed by atoms with Gasteiger partial charge in [-0.2, -0.15) is 0 Å². The Bertz CT molecular complexity index is 1190. The molecule has 1 unspecified atom stereocenters. The lowest BCUT2D eigenvalue weighted by Gasteiger charge is -2.19. The quantitative estimate of drug-likeness (QED) is 0.530. The second kappa shape index (κ2) is 9.33. The molecule has 2 atom stereocenters. The molecular weight excluding hydrogens is 450 g/mol. The summed E-state index contributed by atoms with van der Waals surface area (Å²) in [6.07, 6.45) is 1.45. The minimum absolute atomic E-state index is 0.0191. The van der Waals surface area contributed by atoms with Gasteiger partial charge in [-0.3, -0.25) is 4.79 Å². The Labute approximate surface area is 195 Å². The van der Waals surface area contributed by atoms with Gasteiger partial charge in [-0.05, 0) is 49.2 Å². The molecule has 1 fully saturated rings. The first-order valence-electron chi connectivity index (χ1n) is 10.5. The maximum atomic E-state index is 14.2. The van der Waals surface area contributed by atoms with Crippen molar-refractivity contribution >= 4 is 23.3 Å². The topological polar surface area (TPSA) is 94.5 Å². The normalized spacial score (nSPS) is 16.6. The number of aromatic nitrogens is 1. The van der Waals surface area contributed by atoms with E-state index in [9.17, 15) is 13.6 Å². The lowest BCUT2D eigenvalue weighted by Crippen LogP contribution is -2.31. The van der Waals surface area contributed by atoms with Crippen LogP contribution >= 0.6 is 11.6 Å². The van der Waals surface area contributed by atoms with Gasteiger partial charge in [0.05, 0.1) is 5.02 Å². The summed E-state index contributed by atoms with van der Waals surface area (Å²) in [6, 6.07) is 10.7. The van der Waals surface area contributed by atoms with Crippen molar-refractivity contribution in [1.29, 1.82) is 0 Å². The van der Waals surface area contributed by atoms with Gasteiger partial charge in [0.1, 0.15) is 17.7 Å². The molecule has 0 saturated carbocycles. The van der Waals surface area contributed by atoms with E-state index in [2.05, 4.69) is 4.98 Å². The maximum Gasteiger partial charge on any atom is 0.253 e. The molecule has 4 rings (SSSR count). The summed E-state index contributed by atoms with van der Waals surface area (Å²) >= 11 is 5.94. The number of hydrogen-bond donors (Lipinski definition) is 2. The molecule has 172 valence electrons. The molecule has 0 bridgehead atoms. The average Bonchev–Trinajstić information content (AvgIpc) is 3.24. The third-order valence-electron chi connectivity index (χ3n) is 5.65. The Balaban J connectivity index is 1.55. The van der Waals surface area contributed by atoms with Crippen molar-refractivity contribution in [2.75, 3.05) is 18.8 Å². The molecule has 1 aliphatic rings. The molecule has 1 aliphatic heterocycles. The van der Waals surface area contributed by atoms with Crippen molar-refractivity contribution in [2.24, 2.45) is 5.73 Å². The number of carbonyl (C=O) groups excluding carboxylic acids is 1. The van der Waals surface area contributed by atoms with E-state index in [4.69, 9.17) is 27.8 Å². The SMILES string of the molecule is CC(Oc1cc(-c2ccc(C(=O)N3CC[C@@H](N)C3)cc2)cnc1N)c1c(F)ccc(F)c1Cl. The van der Waals surface area contributed by atoms with Gasteiger partial charge in [0.2, 0.25) is 0 Å². The molecule has 0 spiro atoms. The number of nitrogen functional groups attached to an aromatic ring is 1. The molecule has 0 radical (unpaired) electrons. The lowest BCUT2D eigenvalue weighted by atomic mass is 10.0. The van der Waals surface area contributed by atoms with Crippen molar-refractivity contribution in [2.45, 2.75) is 25.5 Å². The van der Waals surface area contributed by atoms with Crippen LogP contribution in [0.25, 0.3) is 11.1 Å². The highest BCUT2D eigenvalue weighted by Crippen LogP contribution is 2.34. The van der Waals surface area contributed by atoms with Crippen LogP contribution in [0.5, 0.6) is 5.75 Å². The summed E-state index contributed by atoms with van der Waals surface area (Å²) in [5.41, 5.74) is 13.8. The first-order chi connectivity index (χ1) is 15.7. The van der Waals surface area contributed by atoms with Crippen LogP contribution in [-0.2, 0) is 0 Å². The first kappa shape index (κ1) is 22.9. The number of hydrogen-bond acceptors (Lipinski definition) is 5. The van der Waals surface area contributed by atoms with Gasteiger partial charge in [-0.1, -0.05) is 23.7 Å². The minimum Gasteiger partial charge on any atom is -0.482 e. The number of likely N-dealkylation sites (tertiary alicyclic amines) is 1. The number of amides is 1. The summed E-state index contributed by atoms with van der Waals surface area (Å²) in [7, 11) is 0. The third kappa shape index (κ3) is 4.77. The summed E-state index contributed by atoms with van der Waals surface area (Å²) < 4.78 is 33.9. The molecule has 6 nitrogen and oxygen atoms in total. The van der Waals surface area contributed by atoms with E-state index in [-0.39, 0.29) is 34.1 Å². The molecule has 4 N–H and O–H groups in total. The van der Waals surface area contributed by atoms with Crippen LogP contribution in [0.1, 0.15) is 35.4 Å². The maximum absolute atomic E-state index is 14.2. The van der Waals surface area contributed by atoms with Crippen molar-refractivity contribution in [3.8, 4) is 16.9 Å². The number of halogens is 3. The molecule has 1 aromatic heterocycles. The van der Waals surface area contributed by atoms with E-state index in [1.165, 1.54) is 0 Å². The van der Waals surface area contributed by atoms with Crippen LogP contribution in [-0.4, -0.2) is 34.9 Å². The number of carbonyl (C=O) groups is 1. The zero-order valence-corrected chi connectivity index (χ0v) is 18.7. The van der Waals surface area contributed by atoms with Crippen molar-refractivity contribution < 1.29 is 18.3 Å². The van der Waals surface area contributed by atoms with Crippen molar-refractivity contribution in [1.82, 2.24) is 9.88 Å². The number of nitrogens with two attached hydrogens (primary N) is 2. The predicted octanol–water partition coefficient (Wildman–Crippen LogP) is 4.58. The minimum atomic E-state index is -0.917. The standard InChI is InChI=1S/C24H23ClF2N4O2/c1-13(21-18(26)6-7-19(27)22(21)25)33-20-10-16(11-30-23(20)29)14-2-4-15(5-3-14)24(32)31-9-8-17(28)12-31/h2-7,10-11,13,17H,8-9,12,28H2,1H3,(H2,29,30)/t13?,17-/m1/s1. The largest absolute Gasteiger partial charge is 0.482 e. The first-order valence-corrected chi connectivity index (χ1v) is 10.8. The number of pyridine rings is 1. The van der Waals surface area contributed by atoms with Crippen LogP contribution in [0.4, 0.5) is 14.6 Å². The Morgan fingerprint density at radius 3 is 2.55 bits per heavy atom. The fraction of sp³-hybridized carbons (Fsp3) is 0.250. The van der Waals surface area contributed by atoms with Gasteiger partial charge in [0.15, 0.2) is 11.6 Å². The van der Waals surface area contributed by atoms with Gasteiger partial charge in [-0.25, -0.2) is 13.8 Å². The molecule has 1 amide bonds. The molecular formula is C24H23ClF2N4O2. The van der Waals surface area contributed by atoms with Gasteiger partial charge in [0, 0.05) is 42.0 Å². The molecule has 9 heteroatoms. The highest BCUT2D eigenvalue weighted by molar-refractivity contribution is 6.31. The van der Waals surface area contributed by atoms with E-state index in [1.807, 2.05) is 0 Å². The van der Waals surface area contributed by atoms with Crippen LogP contribution in [0.15, 0.2) is 48.7 Å². The monoisotopic (exact) mass is 472 g/mol. The van der Waals surface area contributed by atoms with E-state index in [0.29, 0.717) is 24.2 Å². The second-order valence-electron chi connectivity index (χ2n) is 8.00. The predicted molar refractivity (Wildman–Crippen MR) is 123 cm³/mol. The summed E-state index contributed by atoms with van der Waals surface area (Å²) in [5.74, 6) is -1.19. The Hall–Kier alpha value is -3.23. The second-order valence-corrected chi connectivity index (χ2v) is 8.38. The Morgan fingerprint density at radius 1 is 1.18 bits per heavy atom. The van der Waals surface area contributed by atoms with E-state index < -0.39 is 17.7 Å². The number of nitrogens with zero attached hydrogens (tertiary/aromatic N) is 2. The molecule has 2 heterocycles. The summed E-state index contributed by atoms with van der Waals surface area (Å²) in [6.45, 7) is 2.75. The summed E-state index contributed by atoms with van der Waals surface area (Å²) in [5, 5.41) is -0.343. The van der Waals surface area contributed by atoms with Crippen molar-refractivity contribution in [3.05, 3.63) is 76.4 Å². The van der Waals surface area contributed by atoms with E-state index >= 15 is 0 Å². The van der Waals surface area contributed by atoms with Gasteiger partial charge < -0.3 is 21.1 Å². The fourth-order valence-electron chi connectivity index (χ4n) is 3.83. The molecule has 3 aromatic rings. The zero-order chi connectivity index (χ0) is 23.7. The number of anilines is 1. The van der Waals surface area contributed by atoms with Crippen molar-refractivity contribution in [3.63, 3.8) is 0 Å². The third-order valence-corrected chi connectivity index (χ3v) is 6.03. The van der Waals surface area contributed by atoms with Gasteiger partial charge in [-0.15, -0.1) is 0 Å². The highest BCUT2D eigenvalue weighted by Gasteiger charge is 2.24. The lowest BCUT2D eigenvalue weighted by molar-refractivity contribution is 0.0791. The molecule has 33 heavy (non-hydrogen) atoms. The molecule has 1 saturated heterocycles. The highest BCUT2D eigenvalue weighted by atomic mass is 35.5. The zero-order valence-electron chi connectivity index (χ0n) is 17.9. The smallest absolute Gasteiger partial charge is 0.253 e. The van der Waals surface area contributed by atoms with Crippen LogP contribution in [0.3, 0.4) is 0 Å². The van der Waals surface area contributed by atoms with Crippen LogP contribution in [0.2, 0.25) is 5.02 Å². The number of ether oxygens (including phenoxy) is 1. The van der Waals surface area contributed by atoms with E-state index in [1.54, 1.807) is 48.4 Å².